The fourth-order valence-corrected chi connectivity index (χ4v) is 1.33. The molecule has 13 heavy (non-hydrogen) atoms. The van der Waals surface area contributed by atoms with E-state index in [1.54, 1.807) is 12.1 Å². The second kappa shape index (κ2) is 4.39. The minimum Gasteiger partial charge on any atom is -0.768 e. The van der Waals surface area contributed by atoms with Gasteiger partial charge in [0, 0.05) is 4.90 Å². The molecule has 0 radical (unpaired) electrons. The first-order valence-corrected chi connectivity index (χ1v) is 5.03. The van der Waals surface area contributed by atoms with Crippen molar-refractivity contribution in [2.45, 2.75) is 24.8 Å². The highest BCUT2D eigenvalue weighted by atomic mass is 32.2. The lowest BCUT2D eigenvalue weighted by Gasteiger charge is -2.11. The Labute approximate surface area is 80.0 Å². The van der Waals surface area contributed by atoms with E-state index in [9.17, 15) is 8.76 Å². The van der Waals surface area contributed by atoms with E-state index in [-0.39, 0.29) is 11.0 Å². The van der Waals surface area contributed by atoms with Crippen LogP contribution in [0.5, 0.6) is 5.75 Å². The molecule has 0 aliphatic carbocycles. The van der Waals surface area contributed by atoms with Crippen molar-refractivity contribution in [1.29, 1.82) is 0 Å². The standard InChI is InChI=1S/C9H12O3S/c1-7(2)12-8-4-3-5-9(6-8)13(10)11/h3-7H,1-2H3,(H,10,11)/p-1. The van der Waals surface area contributed by atoms with E-state index in [2.05, 4.69) is 0 Å². The third kappa shape index (κ3) is 3.16. The molecule has 0 heterocycles. The van der Waals surface area contributed by atoms with E-state index in [0.717, 1.165) is 0 Å². The van der Waals surface area contributed by atoms with E-state index >= 15 is 0 Å². The maximum atomic E-state index is 10.6. The molecule has 1 atom stereocenters. The van der Waals surface area contributed by atoms with Crippen LogP contribution in [0.15, 0.2) is 29.2 Å². The third-order valence-corrected chi connectivity index (χ3v) is 2.01. The molecule has 0 aromatic heterocycles. The molecule has 0 amide bonds. The first kappa shape index (κ1) is 10.2. The van der Waals surface area contributed by atoms with Gasteiger partial charge >= 0.3 is 0 Å². The van der Waals surface area contributed by atoms with Gasteiger partial charge in [-0.2, -0.15) is 0 Å². The van der Waals surface area contributed by atoms with Crippen LogP contribution in [0, 0.1) is 0 Å². The van der Waals surface area contributed by atoms with Crippen LogP contribution in [0.25, 0.3) is 0 Å². The summed E-state index contributed by atoms with van der Waals surface area (Å²) >= 11 is -2.18. The third-order valence-electron chi connectivity index (χ3n) is 1.37. The predicted octanol–water partition coefficient (Wildman–Crippen LogP) is 1.71. The summed E-state index contributed by atoms with van der Waals surface area (Å²) in [7, 11) is 0. The highest BCUT2D eigenvalue weighted by molar-refractivity contribution is 7.79. The largest absolute Gasteiger partial charge is 0.768 e. The van der Waals surface area contributed by atoms with E-state index in [0.29, 0.717) is 5.75 Å². The van der Waals surface area contributed by atoms with Gasteiger partial charge in [-0.1, -0.05) is 6.07 Å². The molecule has 0 fully saturated rings. The van der Waals surface area contributed by atoms with Crippen LogP contribution in [0.2, 0.25) is 0 Å². The summed E-state index contributed by atoms with van der Waals surface area (Å²) < 4.78 is 26.5. The van der Waals surface area contributed by atoms with Gasteiger partial charge in [0.25, 0.3) is 0 Å². The fraction of sp³-hybridized carbons (Fsp3) is 0.333. The van der Waals surface area contributed by atoms with Crippen molar-refractivity contribution >= 4 is 11.1 Å². The molecule has 0 N–H and O–H groups in total. The quantitative estimate of drug-likeness (QED) is 0.696. The van der Waals surface area contributed by atoms with Crippen LogP contribution in [0.1, 0.15) is 13.8 Å². The molecule has 1 unspecified atom stereocenters. The Bertz CT molecular complexity index is 309. The monoisotopic (exact) mass is 199 g/mol. The molecular formula is C9H11O3S-. The second-order valence-corrected chi connectivity index (χ2v) is 3.82. The first-order valence-electron chi connectivity index (χ1n) is 3.95. The number of hydrogen-bond acceptors (Lipinski definition) is 3. The summed E-state index contributed by atoms with van der Waals surface area (Å²) in [6, 6.07) is 6.42. The predicted molar refractivity (Wildman–Crippen MR) is 49.4 cm³/mol. The summed E-state index contributed by atoms with van der Waals surface area (Å²) in [4.78, 5) is 0.248. The van der Waals surface area contributed by atoms with E-state index in [1.807, 2.05) is 13.8 Å². The van der Waals surface area contributed by atoms with Crippen LogP contribution >= 0.6 is 0 Å². The minimum atomic E-state index is -2.18. The SMILES string of the molecule is CC(C)Oc1cccc(S(=O)[O-])c1. The van der Waals surface area contributed by atoms with E-state index in [1.165, 1.54) is 12.1 Å². The average Bonchev–Trinajstić information content (AvgIpc) is 2.03. The van der Waals surface area contributed by atoms with Gasteiger partial charge in [-0.3, -0.25) is 4.21 Å². The zero-order valence-electron chi connectivity index (χ0n) is 7.52. The molecule has 0 bridgehead atoms. The number of benzene rings is 1. The molecule has 0 aliphatic rings. The van der Waals surface area contributed by atoms with Gasteiger partial charge in [-0.25, -0.2) is 0 Å². The van der Waals surface area contributed by atoms with Crippen LogP contribution in [-0.4, -0.2) is 14.9 Å². The zero-order chi connectivity index (χ0) is 9.84. The maximum Gasteiger partial charge on any atom is 0.120 e. The molecule has 0 spiro atoms. The highest BCUT2D eigenvalue weighted by Gasteiger charge is 1.98. The smallest absolute Gasteiger partial charge is 0.120 e. The van der Waals surface area contributed by atoms with Gasteiger partial charge in [0.1, 0.15) is 5.75 Å². The van der Waals surface area contributed by atoms with Crippen molar-refractivity contribution in [2.24, 2.45) is 0 Å². The van der Waals surface area contributed by atoms with Crippen molar-refractivity contribution in [2.75, 3.05) is 0 Å². The topological polar surface area (TPSA) is 49.4 Å². The summed E-state index contributed by atoms with van der Waals surface area (Å²) in [5.41, 5.74) is 0. The highest BCUT2D eigenvalue weighted by Crippen LogP contribution is 2.16. The molecule has 4 heteroatoms. The van der Waals surface area contributed by atoms with Gasteiger partial charge in [0.15, 0.2) is 0 Å². The maximum absolute atomic E-state index is 10.6. The van der Waals surface area contributed by atoms with Gasteiger partial charge in [-0.05, 0) is 43.1 Å². The molecule has 3 nitrogen and oxygen atoms in total. The Balaban J connectivity index is 2.85. The summed E-state index contributed by atoms with van der Waals surface area (Å²) in [6.45, 7) is 3.78. The van der Waals surface area contributed by atoms with Crippen molar-refractivity contribution in [3.63, 3.8) is 0 Å². The van der Waals surface area contributed by atoms with Crippen molar-refractivity contribution in [3.05, 3.63) is 24.3 Å². The lowest BCUT2D eigenvalue weighted by atomic mass is 10.3. The van der Waals surface area contributed by atoms with E-state index in [4.69, 9.17) is 4.74 Å². The Morgan fingerprint density at radius 2 is 2.15 bits per heavy atom. The van der Waals surface area contributed by atoms with Crippen LogP contribution in [0.4, 0.5) is 0 Å². The minimum absolute atomic E-state index is 0.0512. The summed E-state index contributed by atoms with van der Waals surface area (Å²) in [6.07, 6.45) is 0.0512. The van der Waals surface area contributed by atoms with Gasteiger partial charge < -0.3 is 9.29 Å². The second-order valence-electron chi connectivity index (χ2n) is 2.88. The molecule has 1 aromatic carbocycles. The Morgan fingerprint density at radius 3 is 2.69 bits per heavy atom. The van der Waals surface area contributed by atoms with Crippen molar-refractivity contribution < 1.29 is 13.5 Å². The molecule has 0 saturated carbocycles. The number of ether oxygens (including phenoxy) is 1. The lowest BCUT2D eigenvalue weighted by Crippen LogP contribution is -2.05. The lowest BCUT2D eigenvalue weighted by molar-refractivity contribution is 0.242. The van der Waals surface area contributed by atoms with Gasteiger partial charge in [0.05, 0.1) is 6.10 Å². The van der Waals surface area contributed by atoms with E-state index < -0.39 is 11.1 Å². The first-order chi connectivity index (χ1) is 6.09. The van der Waals surface area contributed by atoms with Gasteiger partial charge in [0.2, 0.25) is 0 Å². The Morgan fingerprint density at radius 1 is 1.46 bits per heavy atom. The van der Waals surface area contributed by atoms with Crippen molar-refractivity contribution in [3.8, 4) is 5.75 Å². The van der Waals surface area contributed by atoms with Crippen LogP contribution < -0.4 is 4.74 Å². The zero-order valence-corrected chi connectivity index (χ0v) is 8.34. The van der Waals surface area contributed by atoms with Gasteiger partial charge in [-0.15, -0.1) is 0 Å². The molecule has 72 valence electrons. The summed E-state index contributed by atoms with van der Waals surface area (Å²) in [5.74, 6) is 0.580. The van der Waals surface area contributed by atoms with Crippen molar-refractivity contribution in [1.82, 2.24) is 0 Å². The normalized spacial score (nSPS) is 12.9. The molecule has 1 aromatic rings. The Hall–Kier alpha value is -0.870. The molecule has 0 aliphatic heterocycles. The molecule has 0 saturated heterocycles. The molecule has 1 rings (SSSR count). The average molecular weight is 199 g/mol. The van der Waals surface area contributed by atoms with Crippen LogP contribution in [-0.2, 0) is 11.1 Å². The Kier molecular flexibility index (Phi) is 3.45. The number of rotatable bonds is 3. The number of hydrogen-bond donors (Lipinski definition) is 0. The van der Waals surface area contributed by atoms with Crippen LogP contribution in [0.3, 0.4) is 0 Å². The fourth-order valence-electron chi connectivity index (χ4n) is 0.923. The molecular weight excluding hydrogens is 188 g/mol. The summed E-state index contributed by atoms with van der Waals surface area (Å²) in [5, 5.41) is 0.